The van der Waals surface area contributed by atoms with Gasteiger partial charge in [-0.3, -0.25) is 10.1 Å². The average Bonchev–Trinajstić information content (AvgIpc) is 2.39. The van der Waals surface area contributed by atoms with Crippen molar-refractivity contribution in [2.75, 3.05) is 26.2 Å². The van der Waals surface area contributed by atoms with Crippen LogP contribution >= 0.6 is 11.6 Å². The van der Waals surface area contributed by atoms with Gasteiger partial charge in [0.05, 0.1) is 0 Å². The molecule has 2 N–H and O–H groups in total. The Morgan fingerprint density at radius 2 is 2.00 bits per heavy atom. The number of nitrogens with zero attached hydrogens (tertiary/aromatic N) is 1. The van der Waals surface area contributed by atoms with Crippen LogP contribution in [0.4, 0.5) is 4.79 Å². The summed E-state index contributed by atoms with van der Waals surface area (Å²) in [6.07, 6.45) is 0. The Hall–Kier alpha value is -1.59. The molecule has 1 aromatic carbocycles. The van der Waals surface area contributed by atoms with E-state index in [1.807, 2.05) is 0 Å². The number of piperazine rings is 1. The molecule has 0 bridgehead atoms. The standard InChI is InChI=1S/C12H14ClN3O2/c13-10-3-1-2-9(8-10)11(17)15-12(18)16-6-4-14-5-7-16/h1-3,8,14H,4-7H2,(H,15,17,18). The zero-order valence-corrected chi connectivity index (χ0v) is 10.5. The minimum absolute atomic E-state index is 0.360. The Bertz CT molecular complexity index is 458. The summed E-state index contributed by atoms with van der Waals surface area (Å²) in [5.74, 6) is -0.430. The van der Waals surface area contributed by atoms with Gasteiger partial charge in [-0.05, 0) is 18.2 Å². The summed E-state index contributed by atoms with van der Waals surface area (Å²) in [5, 5.41) is 5.96. The molecule has 1 saturated heterocycles. The van der Waals surface area contributed by atoms with E-state index in [9.17, 15) is 9.59 Å². The number of hydrogen-bond donors (Lipinski definition) is 2. The first-order valence-corrected chi connectivity index (χ1v) is 6.11. The van der Waals surface area contributed by atoms with Crippen LogP contribution in [0.25, 0.3) is 0 Å². The molecule has 0 atom stereocenters. The fourth-order valence-corrected chi connectivity index (χ4v) is 1.94. The molecule has 0 radical (unpaired) electrons. The molecule has 0 saturated carbocycles. The van der Waals surface area contributed by atoms with E-state index in [-0.39, 0.29) is 6.03 Å². The van der Waals surface area contributed by atoms with Crippen LogP contribution in [0.1, 0.15) is 10.4 Å². The number of imide groups is 1. The van der Waals surface area contributed by atoms with Gasteiger partial charge in [-0.15, -0.1) is 0 Å². The first-order valence-electron chi connectivity index (χ1n) is 5.73. The van der Waals surface area contributed by atoms with Crippen molar-refractivity contribution < 1.29 is 9.59 Å². The molecule has 1 aliphatic rings. The smallest absolute Gasteiger partial charge is 0.322 e. The van der Waals surface area contributed by atoms with Gasteiger partial charge >= 0.3 is 6.03 Å². The Morgan fingerprint density at radius 1 is 1.28 bits per heavy atom. The molecule has 3 amide bonds. The number of carbonyl (C=O) groups excluding carboxylic acids is 2. The lowest BCUT2D eigenvalue weighted by atomic mass is 10.2. The van der Waals surface area contributed by atoms with Crippen LogP contribution in [0.5, 0.6) is 0 Å². The van der Waals surface area contributed by atoms with Crippen LogP contribution in [-0.2, 0) is 0 Å². The average molecular weight is 268 g/mol. The minimum Gasteiger partial charge on any atom is -0.322 e. The molecule has 2 rings (SSSR count). The first kappa shape index (κ1) is 12.9. The van der Waals surface area contributed by atoms with Crippen molar-refractivity contribution in [2.24, 2.45) is 0 Å². The summed E-state index contributed by atoms with van der Waals surface area (Å²) in [7, 11) is 0. The molecule has 0 spiro atoms. The molecule has 0 aromatic heterocycles. The van der Waals surface area contributed by atoms with Gasteiger partial charge in [0.1, 0.15) is 0 Å². The molecule has 1 aromatic rings. The molecule has 6 heteroatoms. The molecule has 18 heavy (non-hydrogen) atoms. The van der Waals surface area contributed by atoms with E-state index in [1.165, 1.54) is 6.07 Å². The second kappa shape index (κ2) is 5.84. The van der Waals surface area contributed by atoms with Crippen LogP contribution in [0.2, 0.25) is 5.02 Å². The summed E-state index contributed by atoms with van der Waals surface area (Å²) < 4.78 is 0. The second-order valence-electron chi connectivity index (χ2n) is 4.01. The van der Waals surface area contributed by atoms with Gasteiger partial charge in [0.2, 0.25) is 0 Å². The predicted octanol–water partition coefficient (Wildman–Crippen LogP) is 1.10. The fraction of sp³-hybridized carbons (Fsp3) is 0.333. The molecular weight excluding hydrogens is 254 g/mol. The Kier molecular flexibility index (Phi) is 4.17. The van der Waals surface area contributed by atoms with Gasteiger partial charge in [-0.2, -0.15) is 0 Å². The van der Waals surface area contributed by atoms with Gasteiger partial charge in [0.25, 0.3) is 5.91 Å². The second-order valence-corrected chi connectivity index (χ2v) is 4.44. The highest BCUT2D eigenvalue weighted by molar-refractivity contribution is 6.31. The maximum Gasteiger partial charge on any atom is 0.324 e. The number of nitrogens with one attached hydrogen (secondary N) is 2. The van der Waals surface area contributed by atoms with Crippen LogP contribution in [0, 0.1) is 0 Å². The number of halogens is 1. The topological polar surface area (TPSA) is 61.4 Å². The highest BCUT2D eigenvalue weighted by Gasteiger charge is 2.18. The fourth-order valence-electron chi connectivity index (χ4n) is 1.75. The third kappa shape index (κ3) is 3.21. The number of amides is 3. The molecule has 0 unspecified atom stereocenters. The highest BCUT2D eigenvalue weighted by atomic mass is 35.5. The maximum atomic E-state index is 11.8. The van der Waals surface area contributed by atoms with Crippen LogP contribution in [0.15, 0.2) is 24.3 Å². The summed E-state index contributed by atoms with van der Waals surface area (Å²) in [5.41, 5.74) is 0.381. The highest BCUT2D eigenvalue weighted by Crippen LogP contribution is 2.10. The molecular formula is C12H14ClN3O2. The first-order chi connectivity index (χ1) is 8.66. The maximum absolute atomic E-state index is 11.8. The SMILES string of the molecule is O=C(NC(=O)N1CCNCC1)c1cccc(Cl)c1. The quantitative estimate of drug-likeness (QED) is 0.801. The van der Waals surface area contributed by atoms with E-state index >= 15 is 0 Å². The number of hydrogen-bond acceptors (Lipinski definition) is 3. The number of benzene rings is 1. The Balaban J connectivity index is 1.96. The molecule has 1 aliphatic heterocycles. The van der Waals surface area contributed by atoms with E-state index < -0.39 is 5.91 Å². The van der Waals surface area contributed by atoms with E-state index in [0.717, 1.165) is 13.1 Å². The summed E-state index contributed by atoms with van der Waals surface area (Å²) in [4.78, 5) is 25.2. The van der Waals surface area contributed by atoms with Gasteiger partial charge in [-0.1, -0.05) is 17.7 Å². The van der Waals surface area contributed by atoms with Crippen molar-refractivity contribution in [3.8, 4) is 0 Å². The third-order valence-corrected chi connectivity index (χ3v) is 2.95. The van der Waals surface area contributed by atoms with E-state index in [1.54, 1.807) is 23.1 Å². The summed E-state index contributed by atoms with van der Waals surface area (Å²) in [6.45, 7) is 2.71. The van der Waals surface area contributed by atoms with E-state index in [2.05, 4.69) is 10.6 Å². The van der Waals surface area contributed by atoms with Crippen molar-refractivity contribution in [1.82, 2.24) is 15.5 Å². The molecule has 1 fully saturated rings. The zero-order valence-electron chi connectivity index (χ0n) is 9.78. The lowest BCUT2D eigenvalue weighted by Crippen LogP contribution is -2.51. The van der Waals surface area contributed by atoms with Crippen molar-refractivity contribution in [2.45, 2.75) is 0 Å². The van der Waals surface area contributed by atoms with Crippen LogP contribution in [-0.4, -0.2) is 43.0 Å². The minimum atomic E-state index is -0.430. The Labute approximate surface area is 110 Å². The van der Waals surface area contributed by atoms with Crippen molar-refractivity contribution in [1.29, 1.82) is 0 Å². The molecule has 0 aliphatic carbocycles. The summed E-state index contributed by atoms with van der Waals surface area (Å²) in [6, 6.07) is 6.14. The van der Waals surface area contributed by atoms with Crippen molar-refractivity contribution in [3.63, 3.8) is 0 Å². The normalized spacial score (nSPS) is 15.3. The van der Waals surface area contributed by atoms with E-state index in [4.69, 9.17) is 11.6 Å². The van der Waals surface area contributed by atoms with Gasteiger partial charge < -0.3 is 10.2 Å². The number of urea groups is 1. The molecule has 1 heterocycles. The zero-order chi connectivity index (χ0) is 13.0. The molecule has 96 valence electrons. The van der Waals surface area contributed by atoms with Gasteiger partial charge in [0.15, 0.2) is 0 Å². The largest absolute Gasteiger partial charge is 0.324 e. The predicted molar refractivity (Wildman–Crippen MR) is 68.8 cm³/mol. The summed E-state index contributed by atoms with van der Waals surface area (Å²) >= 11 is 5.79. The van der Waals surface area contributed by atoms with Crippen LogP contribution < -0.4 is 10.6 Å². The monoisotopic (exact) mass is 267 g/mol. The lowest BCUT2D eigenvalue weighted by Gasteiger charge is -2.27. The number of rotatable bonds is 1. The molecule has 5 nitrogen and oxygen atoms in total. The van der Waals surface area contributed by atoms with E-state index in [0.29, 0.717) is 23.7 Å². The van der Waals surface area contributed by atoms with Gasteiger partial charge in [-0.25, -0.2) is 4.79 Å². The lowest BCUT2D eigenvalue weighted by molar-refractivity contribution is 0.0950. The Morgan fingerprint density at radius 3 is 2.67 bits per heavy atom. The number of carbonyl (C=O) groups is 2. The third-order valence-electron chi connectivity index (χ3n) is 2.71. The van der Waals surface area contributed by atoms with Crippen LogP contribution in [0.3, 0.4) is 0 Å². The van der Waals surface area contributed by atoms with Crippen molar-refractivity contribution in [3.05, 3.63) is 34.9 Å². The van der Waals surface area contributed by atoms with Gasteiger partial charge in [0, 0.05) is 36.8 Å². The van der Waals surface area contributed by atoms with Crippen molar-refractivity contribution >= 4 is 23.5 Å².